The van der Waals surface area contributed by atoms with Gasteiger partial charge < -0.3 is 4.90 Å². The van der Waals surface area contributed by atoms with E-state index in [1.807, 2.05) is 46.1 Å². The van der Waals surface area contributed by atoms with Gasteiger partial charge in [-0.25, -0.2) is 0 Å². The highest BCUT2D eigenvalue weighted by atomic mass is 32.1. The zero-order valence-electron chi connectivity index (χ0n) is 17.9. The first-order chi connectivity index (χ1) is 15.8. The molecule has 4 aromatic rings. The molecule has 5 rings (SSSR count). The third-order valence-electron chi connectivity index (χ3n) is 5.95. The minimum absolute atomic E-state index is 0.122. The largest absolute Gasteiger partial charge is 0.336 e. The molecule has 0 aliphatic carbocycles. The number of hydrogen-bond donors (Lipinski definition) is 0. The highest BCUT2D eigenvalue weighted by Gasteiger charge is 2.24. The monoisotopic (exact) mass is 442 g/mol. The minimum atomic E-state index is 0.122. The lowest BCUT2D eigenvalue weighted by Crippen LogP contribution is -2.48. The lowest BCUT2D eigenvalue weighted by Gasteiger charge is -2.34. The van der Waals surface area contributed by atoms with Crippen LogP contribution in [0.25, 0.3) is 11.1 Å². The van der Waals surface area contributed by atoms with Gasteiger partial charge in [0.1, 0.15) is 0 Å². The van der Waals surface area contributed by atoms with Gasteiger partial charge in [0, 0.05) is 55.6 Å². The van der Waals surface area contributed by atoms with Crippen LogP contribution in [0.5, 0.6) is 0 Å². The van der Waals surface area contributed by atoms with Crippen LogP contribution in [0.4, 0.5) is 0 Å². The maximum absolute atomic E-state index is 13.4. The summed E-state index contributed by atoms with van der Waals surface area (Å²) in [6, 6.07) is 22.6. The van der Waals surface area contributed by atoms with Crippen LogP contribution in [0.15, 0.2) is 84.5 Å². The average molecular weight is 443 g/mol. The van der Waals surface area contributed by atoms with Crippen molar-refractivity contribution in [3.63, 3.8) is 0 Å². The zero-order valence-corrected chi connectivity index (χ0v) is 18.7. The van der Waals surface area contributed by atoms with Crippen LogP contribution in [0, 0.1) is 0 Å². The van der Waals surface area contributed by atoms with Crippen molar-refractivity contribution in [2.45, 2.75) is 13.1 Å². The Morgan fingerprint density at radius 2 is 1.69 bits per heavy atom. The van der Waals surface area contributed by atoms with Gasteiger partial charge in [0.05, 0.1) is 6.54 Å². The molecule has 1 amide bonds. The van der Waals surface area contributed by atoms with E-state index in [4.69, 9.17) is 0 Å². The number of piperazine rings is 1. The molecule has 0 unspecified atom stereocenters. The molecule has 0 radical (unpaired) electrons. The van der Waals surface area contributed by atoms with E-state index < -0.39 is 0 Å². The zero-order chi connectivity index (χ0) is 21.8. The van der Waals surface area contributed by atoms with Gasteiger partial charge in [0.2, 0.25) is 0 Å². The van der Waals surface area contributed by atoms with Crippen molar-refractivity contribution in [2.75, 3.05) is 26.2 Å². The molecule has 3 heterocycles. The summed E-state index contributed by atoms with van der Waals surface area (Å²) in [5.41, 5.74) is 4.01. The summed E-state index contributed by atoms with van der Waals surface area (Å²) in [6.45, 7) is 5.06. The highest BCUT2D eigenvalue weighted by Crippen LogP contribution is 2.26. The number of aromatic nitrogens is 2. The molecular weight excluding hydrogens is 416 g/mol. The van der Waals surface area contributed by atoms with E-state index in [2.05, 4.69) is 51.8 Å². The van der Waals surface area contributed by atoms with Gasteiger partial charge >= 0.3 is 0 Å². The Kier molecular flexibility index (Phi) is 6.14. The van der Waals surface area contributed by atoms with E-state index in [-0.39, 0.29) is 5.91 Å². The smallest absolute Gasteiger partial charge is 0.254 e. The Balaban J connectivity index is 1.27. The van der Waals surface area contributed by atoms with Gasteiger partial charge in [-0.15, -0.1) is 11.3 Å². The lowest BCUT2D eigenvalue weighted by atomic mass is 9.97. The summed E-state index contributed by atoms with van der Waals surface area (Å²) in [6.07, 6.45) is 3.75. The Bertz CT molecular complexity index is 1150. The van der Waals surface area contributed by atoms with Gasteiger partial charge in [-0.2, -0.15) is 5.10 Å². The number of hydrogen-bond acceptors (Lipinski definition) is 4. The van der Waals surface area contributed by atoms with Crippen molar-refractivity contribution in [1.29, 1.82) is 0 Å². The van der Waals surface area contributed by atoms with Gasteiger partial charge in [-0.3, -0.25) is 14.4 Å². The number of rotatable bonds is 6. The molecule has 162 valence electrons. The highest BCUT2D eigenvalue weighted by molar-refractivity contribution is 7.09. The van der Waals surface area contributed by atoms with E-state index >= 15 is 0 Å². The molecule has 1 aliphatic heterocycles. The molecule has 1 fully saturated rings. The number of carbonyl (C=O) groups is 1. The Morgan fingerprint density at radius 3 is 2.41 bits per heavy atom. The molecule has 0 spiro atoms. The second-order valence-corrected chi connectivity index (χ2v) is 9.13. The summed E-state index contributed by atoms with van der Waals surface area (Å²) < 4.78 is 1.91. The fraction of sp³-hybridized carbons (Fsp3) is 0.231. The second kappa shape index (κ2) is 9.51. The van der Waals surface area contributed by atoms with E-state index in [9.17, 15) is 4.79 Å². The van der Waals surface area contributed by atoms with Crippen LogP contribution in [0.3, 0.4) is 0 Å². The molecule has 2 aromatic carbocycles. The maximum Gasteiger partial charge on any atom is 0.254 e. The van der Waals surface area contributed by atoms with Crippen molar-refractivity contribution < 1.29 is 4.79 Å². The quantitative estimate of drug-likeness (QED) is 0.438. The normalized spacial score (nSPS) is 14.6. The summed E-state index contributed by atoms with van der Waals surface area (Å²) in [4.78, 5) is 19.2. The molecule has 1 saturated heterocycles. The first kappa shape index (κ1) is 20.7. The third-order valence-corrected chi connectivity index (χ3v) is 6.81. The molecule has 5 nitrogen and oxygen atoms in total. The van der Waals surface area contributed by atoms with Crippen molar-refractivity contribution in [1.82, 2.24) is 19.6 Å². The Morgan fingerprint density at radius 1 is 0.875 bits per heavy atom. The Hall–Kier alpha value is -3.22. The summed E-state index contributed by atoms with van der Waals surface area (Å²) in [5, 5.41) is 6.39. The van der Waals surface area contributed by atoms with E-state index in [1.54, 1.807) is 17.5 Å². The first-order valence-corrected chi connectivity index (χ1v) is 11.8. The first-order valence-electron chi connectivity index (χ1n) is 11.0. The van der Waals surface area contributed by atoms with Crippen molar-refractivity contribution in [2.24, 2.45) is 0 Å². The number of carbonyl (C=O) groups excluding carboxylic acids is 1. The number of nitrogens with zero attached hydrogens (tertiary/aromatic N) is 4. The van der Waals surface area contributed by atoms with E-state index in [0.717, 1.165) is 56.0 Å². The summed E-state index contributed by atoms with van der Waals surface area (Å²) >= 11 is 1.79. The van der Waals surface area contributed by atoms with E-state index in [1.165, 1.54) is 10.4 Å². The predicted octanol–water partition coefficient (Wildman–Crippen LogP) is 4.62. The lowest BCUT2D eigenvalue weighted by molar-refractivity contribution is 0.0630. The molecule has 6 heteroatoms. The van der Waals surface area contributed by atoms with Crippen molar-refractivity contribution >= 4 is 17.2 Å². The van der Waals surface area contributed by atoms with Crippen molar-refractivity contribution in [3.8, 4) is 11.1 Å². The van der Waals surface area contributed by atoms with Crippen LogP contribution in [0.1, 0.15) is 20.8 Å². The molecule has 0 N–H and O–H groups in total. The molecule has 0 atom stereocenters. The maximum atomic E-state index is 13.4. The van der Waals surface area contributed by atoms with Crippen molar-refractivity contribution in [3.05, 3.63) is 101 Å². The molecule has 2 aromatic heterocycles. The Labute approximate surface area is 192 Å². The number of benzene rings is 2. The molecule has 1 aliphatic rings. The fourth-order valence-corrected chi connectivity index (χ4v) is 4.94. The van der Waals surface area contributed by atoms with Gasteiger partial charge in [0.25, 0.3) is 5.91 Å². The molecular formula is C26H26N4OS. The third kappa shape index (κ3) is 4.66. The molecule has 0 bridgehead atoms. The molecule has 0 saturated carbocycles. The van der Waals surface area contributed by atoms with Gasteiger partial charge in [0.15, 0.2) is 0 Å². The number of thiophene rings is 1. The van der Waals surface area contributed by atoms with E-state index in [0.29, 0.717) is 0 Å². The fourth-order valence-electron chi connectivity index (χ4n) is 4.19. The topological polar surface area (TPSA) is 41.4 Å². The second-order valence-electron chi connectivity index (χ2n) is 8.09. The van der Waals surface area contributed by atoms with Crippen LogP contribution >= 0.6 is 11.3 Å². The van der Waals surface area contributed by atoms with Crippen LogP contribution in [0.2, 0.25) is 0 Å². The standard InChI is InChI=1S/C26H26N4OS/c31-26(29-16-14-28(15-17-29)20-23-5-3-18-32-23)25-7-2-1-6-24(25)22-10-8-21(9-11-22)19-30-13-4-12-27-30/h1-13,18H,14-17,19-20H2. The van der Waals surface area contributed by atoms with Gasteiger partial charge in [-0.05, 0) is 40.3 Å². The SMILES string of the molecule is O=C(c1ccccc1-c1ccc(Cn2cccn2)cc1)N1CCN(Cc2cccs2)CC1. The summed E-state index contributed by atoms with van der Waals surface area (Å²) in [7, 11) is 0. The minimum Gasteiger partial charge on any atom is -0.336 e. The predicted molar refractivity (Wildman–Crippen MR) is 129 cm³/mol. The summed E-state index contributed by atoms with van der Waals surface area (Å²) in [5.74, 6) is 0.122. The van der Waals surface area contributed by atoms with Crippen LogP contribution in [-0.4, -0.2) is 51.7 Å². The number of amides is 1. The average Bonchev–Trinajstić information content (AvgIpc) is 3.54. The molecule has 32 heavy (non-hydrogen) atoms. The van der Waals surface area contributed by atoms with Gasteiger partial charge in [-0.1, -0.05) is 48.5 Å². The van der Waals surface area contributed by atoms with Crippen LogP contribution < -0.4 is 0 Å². The van der Waals surface area contributed by atoms with Crippen LogP contribution in [-0.2, 0) is 13.1 Å².